The van der Waals surface area contributed by atoms with E-state index in [9.17, 15) is 4.79 Å². The molecule has 1 heterocycles. The SMILES string of the molecule is Cc1nn(C(=O)COc2ccc(C(C)C)cc2)c(C)c1CC(C)C. The number of hydrogen-bond donors (Lipinski definition) is 0. The van der Waals surface area contributed by atoms with Crippen molar-refractivity contribution in [2.24, 2.45) is 5.92 Å². The van der Waals surface area contributed by atoms with Gasteiger partial charge in [0.05, 0.1) is 5.69 Å². The van der Waals surface area contributed by atoms with Crippen molar-refractivity contribution < 1.29 is 9.53 Å². The fraction of sp³-hybridized carbons (Fsp3) is 0.500. The molecule has 2 aromatic rings. The third-order valence-corrected chi connectivity index (χ3v) is 4.20. The molecule has 0 aliphatic rings. The molecule has 0 fully saturated rings. The average Bonchev–Trinajstić information content (AvgIpc) is 2.80. The Morgan fingerprint density at radius 3 is 2.29 bits per heavy atom. The molecule has 0 saturated carbocycles. The van der Waals surface area contributed by atoms with E-state index in [0.29, 0.717) is 17.6 Å². The Hall–Kier alpha value is -2.10. The van der Waals surface area contributed by atoms with Crippen molar-refractivity contribution in [3.8, 4) is 5.75 Å². The molecule has 0 atom stereocenters. The highest BCUT2D eigenvalue weighted by atomic mass is 16.5. The van der Waals surface area contributed by atoms with Crippen LogP contribution < -0.4 is 4.74 Å². The Morgan fingerprint density at radius 1 is 1.12 bits per heavy atom. The molecule has 0 amide bonds. The first-order valence-corrected chi connectivity index (χ1v) is 8.60. The van der Waals surface area contributed by atoms with Crippen LogP contribution in [0.5, 0.6) is 5.75 Å². The van der Waals surface area contributed by atoms with Crippen molar-refractivity contribution in [2.75, 3.05) is 6.61 Å². The van der Waals surface area contributed by atoms with E-state index in [0.717, 1.165) is 17.8 Å². The van der Waals surface area contributed by atoms with Crippen LogP contribution in [0.15, 0.2) is 24.3 Å². The molecule has 0 aliphatic carbocycles. The summed E-state index contributed by atoms with van der Waals surface area (Å²) in [5, 5.41) is 4.40. The number of hydrogen-bond acceptors (Lipinski definition) is 3. The van der Waals surface area contributed by atoms with E-state index in [2.05, 4.69) is 32.8 Å². The van der Waals surface area contributed by atoms with Crippen LogP contribution >= 0.6 is 0 Å². The Kier molecular flexibility index (Phi) is 5.81. The molecule has 0 bridgehead atoms. The summed E-state index contributed by atoms with van der Waals surface area (Å²) in [6.45, 7) is 12.5. The van der Waals surface area contributed by atoms with Crippen LogP contribution in [0.25, 0.3) is 0 Å². The van der Waals surface area contributed by atoms with Gasteiger partial charge in [0.25, 0.3) is 5.91 Å². The van der Waals surface area contributed by atoms with E-state index in [1.165, 1.54) is 15.8 Å². The molecule has 0 saturated heterocycles. The fourth-order valence-corrected chi connectivity index (χ4v) is 2.78. The van der Waals surface area contributed by atoms with Crippen LogP contribution in [-0.4, -0.2) is 22.3 Å². The van der Waals surface area contributed by atoms with Crippen LogP contribution in [0.3, 0.4) is 0 Å². The van der Waals surface area contributed by atoms with Gasteiger partial charge in [-0.2, -0.15) is 5.10 Å². The number of carbonyl (C=O) groups is 1. The van der Waals surface area contributed by atoms with Crippen LogP contribution in [-0.2, 0) is 6.42 Å². The average molecular weight is 328 g/mol. The van der Waals surface area contributed by atoms with Crippen molar-refractivity contribution >= 4 is 5.91 Å². The van der Waals surface area contributed by atoms with Gasteiger partial charge in [-0.1, -0.05) is 39.8 Å². The van der Waals surface area contributed by atoms with Crippen molar-refractivity contribution in [1.29, 1.82) is 0 Å². The van der Waals surface area contributed by atoms with E-state index in [-0.39, 0.29) is 12.5 Å². The van der Waals surface area contributed by atoms with Gasteiger partial charge in [-0.25, -0.2) is 4.68 Å². The van der Waals surface area contributed by atoms with Gasteiger partial charge in [0, 0.05) is 5.69 Å². The predicted molar refractivity (Wildman–Crippen MR) is 96.9 cm³/mol. The molecular weight excluding hydrogens is 300 g/mol. The maximum absolute atomic E-state index is 12.4. The maximum Gasteiger partial charge on any atom is 0.284 e. The zero-order valence-electron chi connectivity index (χ0n) is 15.6. The monoisotopic (exact) mass is 328 g/mol. The van der Waals surface area contributed by atoms with E-state index in [1.807, 2.05) is 38.1 Å². The Balaban J connectivity index is 2.05. The largest absolute Gasteiger partial charge is 0.484 e. The Bertz CT molecular complexity index is 697. The first-order valence-electron chi connectivity index (χ1n) is 8.60. The number of ether oxygens (including phenoxy) is 1. The van der Waals surface area contributed by atoms with Gasteiger partial charge in [0.1, 0.15) is 5.75 Å². The first-order chi connectivity index (χ1) is 11.3. The summed E-state index contributed by atoms with van der Waals surface area (Å²) >= 11 is 0. The summed E-state index contributed by atoms with van der Waals surface area (Å²) in [6, 6.07) is 7.89. The third kappa shape index (κ3) is 4.25. The minimum absolute atomic E-state index is 0.00982. The highest BCUT2D eigenvalue weighted by molar-refractivity contribution is 5.80. The highest BCUT2D eigenvalue weighted by Crippen LogP contribution is 2.20. The lowest BCUT2D eigenvalue weighted by atomic mass is 10.0. The summed E-state index contributed by atoms with van der Waals surface area (Å²) in [7, 11) is 0. The smallest absolute Gasteiger partial charge is 0.284 e. The van der Waals surface area contributed by atoms with E-state index in [4.69, 9.17) is 4.74 Å². The van der Waals surface area contributed by atoms with E-state index >= 15 is 0 Å². The number of aromatic nitrogens is 2. The van der Waals surface area contributed by atoms with E-state index < -0.39 is 0 Å². The second-order valence-corrected chi connectivity index (χ2v) is 7.07. The van der Waals surface area contributed by atoms with Crippen LogP contribution in [0.1, 0.15) is 60.9 Å². The van der Waals surface area contributed by atoms with Crippen molar-refractivity contribution in [3.05, 3.63) is 46.8 Å². The molecule has 4 nitrogen and oxygen atoms in total. The van der Waals surface area contributed by atoms with Gasteiger partial charge in [-0.05, 0) is 55.4 Å². The minimum Gasteiger partial charge on any atom is -0.484 e. The zero-order valence-corrected chi connectivity index (χ0v) is 15.6. The molecule has 4 heteroatoms. The number of carbonyl (C=O) groups excluding carboxylic acids is 1. The Morgan fingerprint density at radius 2 is 1.75 bits per heavy atom. The number of nitrogens with zero attached hydrogens (tertiary/aromatic N) is 2. The quantitative estimate of drug-likeness (QED) is 0.782. The molecular formula is C20H28N2O2. The standard InChI is InChI=1S/C20H28N2O2/c1-13(2)11-19-15(5)21-22(16(19)6)20(23)12-24-18-9-7-17(8-10-18)14(3)4/h7-10,13-14H,11-12H2,1-6H3. The molecule has 0 aliphatic heterocycles. The summed E-state index contributed by atoms with van der Waals surface area (Å²) < 4.78 is 7.11. The summed E-state index contributed by atoms with van der Waals surface area (Å²) in [6.07, 6.45) is 0.933. The molecule has 0 N–H and O–H groups in total. The molecule has 1 aromatic heterocycles. The Labute approximate surface area is 144 Å². The molecule has 1 aromatic carbocycles. The van der Waals surface area contributed by atoms with Gasteiger partial charge in [0.15, 0.2) is 6.61 Å². The van der Waals surface area contributed by atoms with Crippen LogP contribution in [0.4, 0.5) is 0 Å². The lowest BCUT2D eigenvalue weighted by molar-refractivity contribution is 0.0818. The number of aryl methyl sites for hydroxylation is 1. The van der Waals surface area contributed by atoms with Gasteiger partial charge in [-0.3, -0.25) is 4.79 Å². The van der Waals surface area contributed by atoms with Gasteiger partial charge in [-0.15, -0.1) is 0 Å². The lowest BCUT2D eigenvalue weighted by Gasteiger charge is -2.09. The molecule has 24 heavy (non-hydrogen) atoms. The number of rotatable bonds is 6. The van der Waals surface area contributed by atoms with Gasteiger partial charge >= 0.3 is 0 Å². The second-order valence-electron chi connectivity index (χ2n) is 7.07. The second kappa shape index (κ2) is 7.65. The minimum atomic E-state index is -0.140. The number of benzene rings is 1. The van der Waals surface area contributed by atoms with Crippen molar-refractivity contribution in [1.82, 2.24) is 9.78 Å². The van der Waals surface area contributed by atoms with Crippen LogP contribution in [0.2, 0.25) is 0 Å². The third-order valence-electron chi connectivity index (χ3n) is 4.20. The van der Waals surface area contributed by atoms with Crippen LogP contribution in [0, 0.1) is 19.8 Å². The fourth-order valence-electron chi connectivity index (χ4n) is 2.78. The lowest BCUT2D eigenvalue weighted by Crippen LogP contribution is -2.21. The van der Waals surface area contributed by atoms with E-state index in [1.54, 1.807) is 0 Å². The molecule has 0 unspecified atom stereocenters. The molecule has 0 spiro atoms. The molecule has 0 radical (unpaired) electrons. The van der Waals surface area contributed by atoms with Gasteiger partial charge in [0.2, 0.25) is 0 Å². The molecule has 130 valence electrons. The first kappa shape index (κ1) is 18.2. The van der Waals surface area contributed by atoms with Gasteiger partial charge < -0.3 is 4.74 Å². The summed E-state index contributed by atoms with van der Waals surface area (Å²) in [5.41, 5.74) is 4.27. The normalized spacial score (nSPS) is 11.3. The summed E-state index contributed by atoms with van der Waals surface area (Å²) in [5.74, 6) is 1.58. The zero-order chi connectivity index (χ0) is 17.9. The highest BCUT2D eigenvalue weighted by Gasteiger charge is 2.17. The maximum atomic E-state index is 12.4. The summed E-state index contributed by atoms with van der Waals surface area (Å²) in [4.78, 5) is 12.4. The van der Waals surface area contributed by atoms with Crippen molar-refractivity contribution in [3.63, 3.8) is 0 Å². The molecule has 2 rings (SSSR count). The van der Waals surface area contributed by atoms with Crippen molar-refractivity contribution in [2.45, 2.75) is 53.9 Å². The predicted octanol–water partition coefficient (Wildman–Crippen LogP) is 4.54. The topological polar surface area (TPSA) is 44.1 Å².